The Morgan fingerprint density at radius 1 is 1.17 bits per heavy atom. The van der Waals surface area contributed by atoms with Gasteiger partial charge >= 0.3 is 6.18 Å². The number of hydrogen-bond donors (Lipinski definition) is 1. The molecule has 0 atom stereocenters. The van der Waals surface area contributed by atoms with Crippen molar-refractivity contribution < 1.29 is 13.2 Å². The highest BCUT2D eigenvalue weighted by molar-refractivity contribution is 5.91. The second-order valence-electron chi connectivity index (χ2n) is 7.17. The average Bonchev–Trinajstić information content (AvgIpc) is 3.09. The van der Waals surface area contributed by atoms with Crippen molar-refractivity contribution in [1.82, 2.24) is 19.7 Å². The zero-order valence-corrected chi connectivity index (χ0v) is 16.7. The molecule has 1 N–H and O–H groups in total. The van der Waals surface area contributed by atoms with Crippen LogP contribution in [-0.2, 0) is 19.8 Å². The van der Waals surface area contributed by atoms with Gasteiger partial charge in [-0.3, -0.25) is 14.6 Å². The number of pyridine rings is 1. The Morgan fingerprint density at radius 3 is 2.69 bits per heavy atom. The quantitative estimate of drug-likeness (QED) is 0.524. The Labute approximate surface area is 168 Å². The number of nitrogens with one attached hydrogen (secondary N) is 1. The number of halogens is 3. The predicted molar refractivity (Wildman–Crippen MR) is 109 cm³/mol. The van der Waals surface area contributed by atoms with Crippen LogP contribution < -0.4 is 5.32 Å². The number of benzene rings is 1. The number of aromatic nitrogens is 3. The van der Waals surface area contributed by atoms with Crippen molar-refractivity contribution in [2.45, 2.75) is 32.5 Å². The van der Waals surface area contributed by atoms with Gasteiger partial charge < -0.3 is 5.32 Å². The minimum absolute atomic E-state index is 0.342. The van der Waals surface area contributed by atoms with Gasteiger partial charge in [-0.2, -0.15) is 18.3 Å². The molecule has 0 spiro atoms. The van der Waals surface area contributed by atoms with E-state index in [-0.39, 0.29) is 0 Å². The summed E-state index contributed by atoms with van der Waals surface area (Å²) in [7, 11) is 1.91. The molecule has 0 radical (unpaired) electrons. The van der Waals surface area contributed by atoms with Gasteiger partial charge in [0.25, 0.3) is 0 Å². The maximum atomic E-state index is 12.9. The average molecular weight is 405 g/mol. The van der Waals surface area contributed by atoms with Crippen LogP contribution >= 0.6 is 0 Å². The minimum Gasteiger partial charge on any atom is -0.384 e. The Balaban J connectivity index is 1.58. The van der Waals surface area contributed by atoms with Crippen LogP contribution in [0.2, 0.25) is 0 Å². The van der Waals surface area contributed by atoms with E-state index in [9.17, 15) is 13.2 Å². The third-order valence-electron chi connectivity index (χ3n) is 4.74. The molecular formula is C21H26F3N5. The fourth-order valence-corrected chi connectivity index (χ4v) is 3.40. The molecule has 2 aromatic heterocycles. The summed E-state index contributed by atoms with van der Waals surface area (Å²) < 4.78 is 40.5. The molecule has 156 valence electrons. The summed E-state index contributed by atoms with van der Waals surface area (Å²) in [5.41, 5.74) is 1.65. The van der Waals surface area contributed by atoms with E-state index in [1.54, 1.807) is 10.7 Å². The third kappa shape index (κ3) is 5.69. The van der Waals surface area contributed by atoms with E-state index in [1.807, 2.05) is 19.4 Å². The zero-order chi connectivity index (χ0) is 20.9. The van der Waals surface area contributed by atoms with E-state index in [0.29, 0.717) is 10.9 Å². The van der Waals surface area contributed by atoms with Gasteiger partial charge in [-0.05, 0) is 37.6 Å². The molecule has 0 amide bonds. The van der Waals surface area contributed by atoms with Crippen molar-refractivity contribution in [3.8, 4) is 0 Å². The molecule has 3 rings (SSSR count). The van der Waals surface area contributed by atoms with Gasteiger partial charge in [-0.25, -0.2) is 0 Å². The molecule has 0 unspecified atom stereocenters. The monoisotopic (exact) mass is 405 g/mol. The highest BCUT2D eigenvalue weighted by Gasteiger charge is 2.30. The molecule has 0 bridgehead atoms. The summed E-state index contributed by atoms with van der Waals surface area (Å²) in [6.07, 6.45) is 3.08. The van der Waals surface area contributed by atoms with Crippen LogP contribution in [-0.4, -0.2) is 39.3 Å². The molecule has 3 aromatic rings. The van der Waals surface area contributed by atoms with Gasteiger partial charge in [0.15, 0.2) is 0 Å². The highest BCUT2D eigenvalue weighted by atomic mass is 19.4. The maximum Gasteiger partial charge on any atom is 0.416 e. The van der Waals surface area contributed by atoms with Gasteiger partial charge in [0, 0.05) is 55.7 Å². The molecule has 8 heteroatoms. The molecule has 29 heavy (non-hydrogen) atoms. The molecule has 0 saturated heterocycles. The van der Waals surface area contributed by atoms with Crippen LogP contribution in [0.5, 0.6) is 0 Å². The van der Waals surface area contributed by atoms with Crippen LogP contribution in [0.25, 0.3) is 10.9 Å². The molecular weight excluding hydrogens is 379 g/mol. The Kier molecular flexibility index (Phi) is 6.74. The van der Waals surface area contributed by atoms with E-state index < -0.39 is 11.7 Å². The minimum atomic E-state index is -4.36. The zero-order valence-electron chi connectivity index (χ0n) is 16.7. The van der Waals surface area contributed by atoms with Crippen molar-refractivity contribution in [3.63, 3.8) is 0 Å². The third-order valence-corrected chi connectivity index (χ3v) is 4.74. The fraction of sp³-hybridized carbons (Fsp3) is 0.429. The fourth-order valence-electron chi connectivity index (χ4n) is 3.40. The Hall–Kier alpha value is -2.61. The lowest BCUT2D eigenvalue weighted by molar-refractivity contribution is -0.137. The predicted octanol–water partition coefficient (Wildman–Crippen LogP) is 4.70. The molecule has 0 aliphatic carbocycles. The van der Waals surface area contributed by atoms with Gasteiger partial charge in [-0.15, -0.1) is 0 Å². The van der Waals surface area contributed by atoms with E-state index in [4.69, 9.17) is 0 Å². The van der Waals surface area contributed by atoms with Crippen LogP contribution in [0.1, 0.15) is 30.9 Å². The van der Waals surface area contributed by atoms with E-state index in [0.717, 1.165) is 56.8 Å². The first kappa shape index (κ1) is 21.1. The Bertz CT molecular complexity index is 935. The van der Waals surface area contributed by atoms with Gasteiger partial charge in [0.05, 0.1) is 17.3 Å². The molecule has 2 heterocycles. The Morgan fingerprint density at radius 2 is 2.00 bits per heavy atom. The molecule has 1 aromatic carbocycles. The highest BCUT2D eigenvalue weighted by Crippen LogP contribution is 2.32. The lowest BCUT2D eigenvalue weighted by atomic mass is 10.1. The van der Waals surface area contributed by atoms with E-state index in [1.165, 1.54) is 17.8 Å². The molecule has 0 saturated carbocycles. The van der Waals surface area contributed by atoms with Crippen molar-refractivity contribution in [2.24, 2.45) is 7.05 Å². The first-order chi connectivity index (χ1) is 13.9. The number of aryl methyl sites for hydroxylation is 1. The molecule has 0 aliphatic rings. The molecule has 5 nitrogen and oxygen atoms in total. The number of fused-ring (bicyclic) bond motifs is 1. The number of nitrogens with zero attached hydrogens (tertiary/aromatic N) is 4. The smallest absolute Gasteiger partial charge is 0.384 e. The normalized spacial score (nSPS) is 12.1. The maximum absolute atomic E-state index is 12.9. The van der Waals surface area contributed by atoms with Gasteiger partial charge in [0.1, 0.15) is 0 Å². The van der Waals surface area contributed by atoms with Crippen LogP contribution in [0.15, 0.2) is 42.9 Å². The van der Waals surface area contributed by atoms with Crippen LogP contribution in [0.3, 0.4) is 0 Å². The van der Waals surface area contributed by atoms with Gasteiger partial charge in [0.2, 0.25) is 0 Å². The van der Waals surface area contributed by atoms with Crippen molar-refractivity contribution in [3.05, 3.63) is 54.0 Å². The molecule has 0 fully saturated rings. The summed E-state index contributed by atoms with van der Waals surface area (Å²) in [5, 5.41) is 8.26. The summed E-state index contributed by atoms with van der Waals surface area (Å²) in [6, 6.07) is 5.48. The van der Waals surface area contributed by atoms with Gasteiger partial charge in [-0.1, -0.05) is 13.0 Å². The summed E-state index contributed by atoms with van der Waals surface area (Å²) in [4.78, 5) is 6.48. The lowest BCUT2D eigenvalue weighted by Gasteiger charge is -2.21. The largest absolute Gasteiger partial charge is 0.416 e. The number of anilines is 1. The van der Waals surface area contributed by atoms with Crippen molar-refractivity contribution >= 4 is 16.6 Å². The molecule has 0 aliphatic heterocycles. The van der Waals surface area contributed by atoms with Crippen molar-refractivity contribution in [2.75, 3.05) is 25.0 Å². The number of hydrogen-bond acceptors (Lipinski definition) is 4. The second kappa shape index (κ2) is 9.26. The lowest BCUT2D eigenvalue weighted by Crippen LogP contribution is -2.26. The topological polar surface area (TPSA) is 46.0 Å². The van der Waals surface area contributed by atoms with E-state index >= 15 is 0 Å². The van der Waals surface area contributed by atoms with Crippen LogP contribution in [0.4, 0.5) is 18.9 Å². The first-order valence-corrected chi connectivity index (χ1v) is 9.76. The standard InChI is InChI=1S/C21H26F3N5/c1-3-10-29(15-16-13-27-28(2)14-16)11-4-8-25-19-7-9-26-20-12-17(21(22,23)24)5-6-18(19)20/h5-7,9,12-14H,3-4,8,10-11,15H2,1-2H3,(H,25,26). The first-order valence-electron chi connectivity index (χ1n) is 9.76. The summed E-state index contributed by atoms with van der Waals surface area (Å²) >= 11 is 0. The van der Waals surface area contributed by atoms with E-state index in [2.05, 4.69) is 27.2 Å². The van der Waals surface area contributed by atoms with Crippen molar-refractivity contribution in [1.29, 1.82) is 0 Å². The number of rotatable bonds is 9. The van der Waals surface area contributed by atoms with Crippen LogP contribution in [0, 0.1) is 0 Å². The summed E-state index contributed by atoms with van der Waals surface area (Å²) in [5.74, 6) is 0. The second-order valence-corrected chi connectivity index (χ2v) is 7.17. The SMILES string of the molecule is CCCN(CCCNc1ccnc2cc(C(F)(F)F)ccc12)Cc1cnn(C)c1. The number of alkyl halides is 3. The summed E-state index contributed by atoms with van der Waals surface area (Å²) in [6.45, 7) is 5.69.